The number of carboxylic acids is 1. The summed E-state index contributed by atoms with van der Waals surface area (Å²) < 4.78 is 0. The van der Waals surface area contributed by atoms with E-state index in [1.54, 1.807) is 0 Å². The Bertz CT molecular complexity index is 707. The van der Waals surface area contributed by atoms with Crippen molar-refractivity contribution in [2.24, 2.45) is 0 Å². The molecule has 5 nitrogen and oxygen atoms in total. The quantitative estimate of drug-likeness (QED) is 0.877. The molecule has 0 saturated carbocycles. The van der Waals surface area contributed by atoms with Gasteiger partial charge in [-0.15, -0.1) is 0 Å². The minimum absolute atomic E-state index is 0.131. The van der Waals surface area contributed by atoms with E-state index in [4.69, 9.17) is 5.11 Å². The highest BCUT2D eigenvalue weighted by Crippen LogP contribution is 2.18. The normalized spacial score (nSPS) is 15.3. The molecule has 1 saturated heterocycles. The van der Waals surface area contributed by atoms with Crippen molar-refractivity contribution in [3.63, 3.8) is 0 Å². The molecule has 1 aromatic heterocycles. The average Bonchev–Trinajstić information content (AvgIpc) is 2.62. The maximum atomic E-state index is 10.7. The number of carbonyl (C=O) groups is 1. The summed E-state index contributed by atoms with van der Waals surface area (Å²) in [6.45, 7) is 6.98. The summed E-state index contributed by atoms with van der Waals surface area (Å²) >= 11 is 0. The Morgan fingerprint density at radius 2 is 1.72 bits per heavy atom. The number of aliphatic carboxylic acids is 1. The lowest BCUT2D eigenvalue weighted by molar-refractivity contribution is -0.136. The molecule has 132 valence electrons. The first kappa shape index (κ1) is 17.4. The second-order valence-corrected chi connectivity index (χ2v) is 6.61. The van der Waals surface area contributed by atoms with Gasteiger partial charge in [-0.3, -0.25) is 14.7 Å². The molecule has 1 N–H and O–H groups in total. The highest BCUT2D eigenvalue weighted by atomic mass is 16.4. The van der Waals surface area contributed by atoms with Gasteiger partial charge in [0.1, 0.15) is 0 Å². The number of rotatable bonds is 6. The molecule has 1 fully saturated rings. The Balaban J connectivity index is 1.52. The lowest BCUT2D eigenvalue weighted by Gasteiger charge is -2.36. The SMILES string of the molecule is Cc1ccc(N2CCN(Cc3cccc(CCC(=O)O)n3)CC2)cc1. The number of pyridine rings is 1. The number of piperazine rings is 1. The van der Waals surface area contributed by atoms with E-state index in [1.165, 1.54) is 11.3 Å². The third kappa shape index (κ3) is 5.03. The maximum absolute atomic E-state index is 10.7. The van der Waals surface area contributed by atoms with Crippen LogP contribution in [0.25, 0.3) is 0 Å². The highest BCUT2D eigenvalue weighted by Gasteiger charge is 2.17. The van der Waals surface area contributed by atoms with E-state index in [2.05, 4.69) is 46.0 Å². The van der Waals surface area contributed by atoms with Gasteiger partial charge in [-0.1, -0.05) is 23.8 Å². The van der Waals surface area contributed by atoms with Crippen molar-refractivity contribution in [2.75, 3.05) is 31.1 Å². The molecule has 0 unspecified atom stereocenters. The maximum Gasteiger partial charge on any atom is 0.303 e. The number of carboxylic acid groups (broad SMARTS) is 1. The summed E-state index contributed by atoms with van der Waals surface area (Å²) in [6.07, 6.45) is 0.621. The van der Waals surface area contributed by atoms with Gasteiger partial charge in [0.25, 0.3) is 0 Å². The molecule has 2 aromatic rings. The van der Waals surface area contributed by atoms with Crippen molar-refractivity contribution in [2.45, 2.75) is 26.3 Å². The second kappa shape index (κ2) is 8.12. The molecular weight excluding hydrogens is 314 g/mol. The van der Waals surface area contributed by atoms with Gasteiger partial charge in [-0.25, -0.2) is 0 Å². The van der Waals surface area contributed by atoms with Crippen LogP contribution in [0.3, 0.4) is 0 Å². The molecule has 25 heavy (non-hydrogen) atoms. The van der Waals surface area contributed by atoms with E-state index in [0.29, 0.717) is 6.42 Å². The molecule has 0 amide bonds. The van der Waals surface area contributed by atoms with Crippen molar-refractivity contribution in [1.29, 1.82) is 0 Å². The van der Waals surface area contributed by atoms with Crippen LogP contribution in [0.15, 0.2) is 42.5 Å². The van der Waals surface area contributed by atoms with Gasteiger partial charge in [0.2, 0.25) is 0 Å². The van der Waals surface area contributed by atoms with Gasteiger partial charge in [-0.2, -0.15) is 0 Å². The van der Waals surface area contributed by atoms with E-state index in [9.17, 15) is 4.79 Å². The van der Waals surface area contributed by atoms with Crippen LogP contribution in [0.5, 0.6) is 0 Å². The molecule has 1 aromatic carbocycles. The van der Waals surface area contributed by atoms with Gasteiger partial charge in [0, 0.05) is 50.5 Å². The van der Waals surface area contributed by atoms with E-state index < -0.39 is 5.97 Å². The number of anilines is 1. The van der Waals surface area contributed by atoms with Crippen LogP contribution >= 0.6 is 0 Å². The summed E-state index contributed by atoms with van der Waals surface area (Å²) in [5.74, 6) is -0.778. The topological polar surface area (TPSA) is 56.7 Å². The first-order valence-corrected chi connectivity index (χ1v) is 8.81. The zero-order valence-electron chi connectivity index (χ0n) is 14.7. The molecule has 5 heteroatoms. The lowest BCUT2D eigenvalue weighted by Crippen LogP contribution is -2.46. The fourth-order valence-corrected chi connectivity index (χ4v) is 3.14. The van der Waals surface area contributed by atoms with Crippen molar-refractivity contribution < 1.29 is 9.90 Å². The Morgan fingerprint density at radius 1 is 1.04 bits per heavy atom. The standard InChI is InChI=1S/C20H25N3O2/c1-16-5-8-19(9-6-16)23-13-11-22(12-14-23)15-18-4-2-3-17(21-18)7-10-20(24)25/h2-6,8-9H,7,10-15H2,1H3,(H,24,25). The minimum Gasteiger partial charge on any atom is -0.481 e. The van der Waals surface area contributed by atoms with Gasteiger partial charge in [-0.05, 0) is 31.2 Å². The third-order valence-corrected chi connectivity index (χ3v) is 4.62. The fraction of sp³-hybridized carbons (Fsp3) is 0.400. The van der Waals surface area contributed by atoms with E-state index in [-0.39, 0.29) is 6.42 Å². The largest absolute Gasteiger partial charge is 0.481 e. The van der Waals surface area contributed by atoms with E-state index in [1.807, 2.05) is 18.2 Å². The first-order chi connectivity index (χ1) is 12.1. The monoisotopic (exact) mass is 339 g/mol. The predicted octanol–water partition coefficient (Wildman–Crippen LogP) is 2.73. The van der Waals surface area contributed by atoms with Crippen LogP contribution in [0, 0.1) is 6.92 Å². The number of aryl methyl sites for hydroxylation is 2. The Kier molecular flexibility index (Phi) is 5.66. The van der Waals surface area contributed by atoms with Gasteiger partial charge in [0.05, 0.1) is 12.1 Å². The molecule has 0 bridgehead atoms. The van der Waals surface area contributed by atoms with Crippen LogP contribution in [-0.4, -0.2) is 47.1 Å². The Morgan fingerprint density at radius 3 is 2.40 bits per heavy atom. The van der Waals surface area contributed by atoms with Crippen molar-refractivity contribution in [1.82, 2.24) is 9.88 Å². The molecule has 1 aliphatic rings. The van der Waals surface area contributed by atoms with Crippen molar-refractivity contribution in [3.8, 4) is 0 Å². The van der Waals surface area contributed by atoms with Crippen LogP contribution in [0.2, 0.25) is 0 Å². The van der Waals surface area contributed by atoms with E-state index in [0.717, 1.165) is 44.1 Å². The summed E-state index contributed by atoms with van der Waals surface area (Å²) in [7, 11) is 0. The number of benzene rings is 1. The number of hydrogen-bond donors (Lipinski definition) is 1. The molecule has 1 aliphatic heterocycles. The van der Waals surface area contributed by atoms with Gasteiger partial charge < -0.3 is 10.0 Å². The molecule has 0 radical (unpaired) electrons. The second-order valence-electron chi connectivity index (χ2n) is 6.61. The summed E-state index contributed by atoms with van der Waals surface area (Å²) in [6, 6.07) is 14.6. The fourth-order valence-electron chi connectivity index (χ4n) is 3.14. The zero-order valence-corrected chi connectivity index (χ0v) is 14.7. The smallest absolute Gasteiger partial charge is 0.303 e. The predicted molar refractivity (Wildman–Crippen MR) is 98.9 cm³/mol. The van der Waals surface area contributed by atoms with Crippen molar-refractivity contribution >= 4 is 11.7 Å². The third-order valence-electron chi connectivity index (χ3n) is 4.62. The summed E-state index contributed by atoms with van der Waals surface area (Å²) in [5.41, 5.74) is 4.46. The molecule has 0 aliphatic carbocycles. The van der Waals surface area contributed by atoms with E-state index >= 15 is 0 Å². The van der Waals surface area contributed by atoms with Crippen LogP contribution < -0.4 is 4.90 Å². The van der Waals surface area contributed by atoms with Crippen LogP contribution in [0.4, 0.5) is 5.69 Å². The zero-order chi connectivity index (χ0) is 17.6. The molecular formula is C20H25N3O2. The van der Waals surface area contributed by atoms with Crippen LogP contribution in [0.1, 0.15) is 23.4 Å². The Labute approximate surface area is 148 Å². The van der Waals surface area contributed by atoms with Crippen molar-refractivity contribution in [3.05, 3.63) is 59.4 Å². The molecule has 0 atom stereocenters. The summed E-state index contributed by atoms with van der Waals surface area (Å²) in [5, 5.41) is 8.80. The number of hydrogen-bond acceptors (Lipinski definition) is 4. The van der Waals surface area contributed by atoms with Gasteiger partial charge >= 0.3 is 5.97 Å². The summed E-state index contributed by atoms with van der Waals surface area (Å²) in [4.78, 5) is 20.1. The minimum atomic E-state index is -0.778. The average molecular weight is 339 g/mol. The van der Waals surface area contributed by atoms with Gasteiger partial charge in [0.15, 0.2) is 0 Å². The molecule has 2 heterocycles. The highest BCUT2D eigenvalue weighted by molar-refractivity contribution is 5.66. The molecule has 3 rings (SSSR count). The lowest BCUT2D eigenvalue weighted by atomic mass is 10.2. The number of nitrogens with zero attached hydrogens (tertiary/aromatic N) is 3. The van der Waals surface area contributed by atoms with Crippen LogP contribution in [-0.2, 0) is 17.8 Å². The molecule has 0 spiro atoms. The Hall–Kier alpha value is -2.40. The number of aromatic nitrogens is 1. The first-order valence-electron chi connectivity index (χ1n) is 8.81.